The highest BCUT2D eigenvalue weighted by Crippen LogP contribution is 2.24. The van der Waals surface area contributed by atoms with Crippen LogP contribution in [0.5, 0.6) is 0 Å². The summed E-state index contributed by atoms with van der Waals surface area (Å²) in [6.45, 7) is 4.45. The van der Waals surface area contributed by atoms with E-state index in [2.05, 4.69) is 13.8 Å². The van der Waals surface area contributed by atoms with Crippen LogP contribution in [-0.4, -0.2) is 23.0 Å². The van der Waals surface area contributed by atoms with E-state index in [0.717, 1.165) is 0 Å². The second kappa shape index (κ2) is 14.4. The predicted molar refractivity (Wildman–Crippen MR) is 79.6 cm³/mol. The quantitative estimate of drug-likeness (QED) is 0.366. The summed E-state index contributed by atoms with van der Waals surface area (Å²) in [6, 6.07) is 0. The standard InChI is InChI=1S/C10H22S4/c1-3-11-13-9-7-5-6-8-10-14-12-4-2/h3-10H2,1-2H3. The van der Waals surface area contributed by atoms with Gasteiger partial charge in [0, 0.05) is 23.0 Å². The third-order valence-corrected chi connectivity index (χ3v) is 6.74. The molecule has 0 heterocycles. The average molecular weight is 271 g/mol. The Morgan fingerprint density at radius 3 is 1.36 bits per heavy atom. The summed E-state index contributed by atoms with van der Waals surface area (Å²) < 4.78 is 0. The summed E-state index contributed by atoms with van der Waals surface area (Å²) in [5.74, 6) is 5.18. The van der Waals surface area contributed by atoms with Crippen molar-refractivity contribution in [2.24, 2.45) is 0 Å². The number of hydrogen-bond donors (Lipinski definition) is 0. The lowest BCUT2D eigenvalue weighted by Crippen LogP contribution is -1.82. The van der Waals surface area contributed by atoms with Crippen molar-refractivity contribution in [2.45, 2.75) is 39.5 Å². The van der Waals surface area contributed by atoms with Crippen molar-refractivity contribution in [2.75, 3.05) is 23.0 Å². The van der Waals surface area contributed by atoms with Crippen molar-refractivity contribution >= 4 is 43.2 Å². The molecule has 0 bridgehead atoms. The van der Waals surface area contributed by atoms with E-state index >= 15 is 0 Å². The number of rotatable bonds is 11. The van der Waals surface area contributed by atoms with E-state index in [1.807, 2.05) is 43.2 Å². The van der Waals surface area contributed by atoms with E-state index in [4.69, 9.17) is 0 Å². The smallest absolute Gasteiger partial charge is 0.00369 e. The average Bonchev–Trinajstić information content (AvgIpc) is 2.21. The van der Waals surface area contributed by atoms with Gasteiger partial charge in [-0.1, -0.05) is 69.9 Å². The molecule has 0 aromatic heterocycles. The van der Waals surface area contributed by atoms with Crippen molar-refractivity contribution in [3.8, 4) is 0 Å². The van der Waals surface area contributed by atoms with Gasteiger partial charge in [0.05, 0.1) is 0 Å². The van der Waals surface area contributed by atoms with Crippen LogP contribution in [0.15, 0.2) is 0 Å². The molecule has 0 aliphatic heterocycles. The summed E-state index contributed by atoms with van der Waals surface area (Å²) >= 11 is 0. The Balaban J connectivity index is 2.78. The van der Waals surface area contributed by atoms with E-state index in [0.29, 0.717) is 0 Å². The van der Waals surface area contributed by atoms with Gasteiger partial charge in [0.1, 0.15) is 0 Å². The lowest BCUT2D eigenvalue weighted by atomic mass is 10.2. The Bertz CT molecular complexity index is 86.1. The zero-order valence-electron chi connectivity index (χ0n) is 9.29. The molecule has 0 unspecified atom stereocenters. The van der Waals surface area contributed by atoms with Gasteiger partial charge in [-0.3, -0.25) is 0 Å². The summed E-state index contributed by atoms with van der Waals surface area (Å²) in [5.41, 5.74) is 0. The Hall–Kier alpha value is 1.40. The van der Waals surface area contributed by atoms with Gasteiger partial charge in [-0.15, -0.1) is 0 Å². The highest BCUT2D eigenvalue weighted by atomic mass is 33.1. The topological polar surface area (TPSA) is 0 Å². The maximum absolute atomic E-state index is 2.22. The van der Waals surface area contributed by atoms with E-state index < -0.39 is 0 Å². The third kappa shape index (κ3) is 13.4. The third-order valence-electron chi connectivity index (χ3n) is 1.61. The van der Waals surface area contributed by atoms with Crippen molar-refractivity contribution < 1.29 is 0 Å². The second-order valence-corrected chi connectivity index (χ2v) is 8.61. The molecule has 0 N–H and O–H groups in total. The van der Waals surface area contributed by atoms with Crippen LogP contribution < -0.4 is 0 Å². The molecule has 0 radical (unpaired) electrons. The van der Waals surface area contributed by atoms with Gasteiger partial charge in [-0.2, -0.15) is 0 Å². The highest BCUT2D eigenvalue weighted by molar-refractivity contribution is 8.77. The van der Waals surface area contributed by atoms with Crippen molar-refractivity contribution in [3.05, 3.63) is 0 Å². The van der Waals surface area contributed by atoms with Gasteiger partial charge in [0.2, 0.25) is 0 Å². The van der Waals surface area contributed by atoms with E-state index in [9.17, 15) is 0 Å². The van der Waals surface area contributed by atoms with Crippen LogP contribution in [0.2, 0.25) is 0 Å². The molecular weight excluding hydrogens is 248 g/mol. The van der Waals surface area contributed by atoms with Crippen LogP contribution in [0.1, 0.15) is 39.5 Å². The summed E-state index contributed by atoms with van der Waals surface area (Å²) in [5, 5.41) is 0. The molecule has 4 heteroatoms. The zero-order valence-corrected chi connectivity index (χ0v) is 12.6. The van der Waals surface area contributed by atoms with Crippen LogP contribution >= 0.6 is 43.2 Å². The molecule has 0 aromatic rings. The minimum Gasteiger partial charge on any atom is -0.0944 e. The monoisotopic (exact) mass is 270 g/mol. The number of hydrogen-bond acceptors (Lipinski definition) is 4. The second-order valence-electron chi connectivity index (χ2n) is 2.87. The minimum absolute atomic E-state index is 1.25. The predicted octanol–water partition coefficient (Wildman–Crippen LogP) is 5.35. The molecular formula is C10H22S4. The Labute approximate surface area is 105 Å². The molecule has 0 aliphatic rings. The first-order valence-electron chi connectivity index (χ1n) is 5.40. The van der Waals surface area contributed by atoms with Crippen molar-refractivity contribution in [1.29, 1.82) is 0 Å². The zero-order chi connectivity index (χ0) is 10.5. The highest BCUT2D eigenvalue weighted by Gasteiger charge is 1.92. The molecule has 0 atom stereocenters. The minimum atomic E-state index is 1.25. The fourth-order valence-electron chi connectivity index (χ4n) is 0.960. The van der Waals surface area contributed by atoms with Crippen molar-refractivity contribution in [1.82, 2.24) is 0 Å². The molecule has 0 aliphatic carbocycles. The SMILES string of the molecule is CCSSCCCCCCSSCC. The Kier molecular flexibility index (Phi) is 15.8. The first-order valence-corrected chi connectivity index (χ1v) is 10.4. The Morgan fingerprint density at radius 2 is 1.00 bits per heavy atom. The molecule has 0 spiro atoms. The fourth-order valence-corrected chi connectivity index (χ4v) is 4.59. The summed E-state index contributed by atoms with van der Waals surface area (Å²) in [4.78, 5) is 0. The summed E-state index contributed by atoms with van der Waals surface area (Å²) in [6.07, 6.45) is 5.66. The number of unbranched alkanes of at least 4 members (excludes halogenated alkanes) is 3. The Morgan fingerprint density at radius 1 is 0.571 bits per heavy atom. The summed E-state index contributed by atoms with van der Waals surface area (Å²) in [7, 11) is 8.05. The maximum Gasteiger partial charge on any atom is 0.00369 e. The van der Waals surface area contributed by atoms with Crippen LogP contribution in [0, 0.1) is 0 Å². The molecule has 0 rings (SSSR count). The van der Waals surface area contributed by atoms with Crippen molar-refractivity contribution in [3.63, 3.8) is 0 Å². The lowest BCUT2D eigenvalue weighted by Gasteiger charge is -2.00. The lowest BCUT2D eigenvalue weighted by molar-refractivity contribution is 0.712. The molecule has 0 saturated heterocycles. The van der Waals surface area contributed by atoms with Crippen LogP contribution in [0.4, 0.5) is 0 Å². The van der Waals surface area contributed by atoms with Crippen LogP contribution in [0.25, 0.3) is 0 Å². The fraction of sp³-hybridized carbons (Fsp3) is 1.00. The molecule has 0 aromatic carbocycles. The molecule has 14 heavy (non-hydrogen) atoms. The van der Waals surface area contributed by atoms with E-state index in [-0.39, 0.29) is 0 Å². The van der Waals surface area contributed by atoms with Gasteiger partial charge in [0.15, 0.2) is 0 Å². The first-order chi connectivity index (χ1) is 6.91. The molecule has 0 amide bonds. The first kappa shape index (κ1) is 15.4. The maximum atomic E-state index is 2.22. The molecule has 86 valence electrons. The molecule has 0 fully saturated rings. The van der Waals surface area contributed by atoms with Gasteiger partial charge in [-0.05, 0) is 12.8 Å². The van der Waals surface area contributed by atoms with Gasteiger partial charge >= 0.3 is 0 Å². The van der Waals surface area contributed by atoms with Gasteiger partial charge < -0.3 is 0 Å². The molecule has 0 nitrogen and oxygen atoms in total. The molecule has 0 saturated carbocycles. The van der Waals surface area contributed by atoms with E-state index in [1.54, 1.807) is 0 Å². The van der Waals surface area contributed by atoms with Crippen LogP contribution in [0.3, 0.4) is 0 Å². The van der Waals surface area contributed by atoms with Gasteiger partial charge in [0.25, 0.3) is 0 Å². The van der Waals surface area contributed by atoms with E-state index in [1.165, 1.54) is 48.7 Å². The largest absolute Gasteiger partial charge is 0.0944 e. The normalized spacial score (nSPS) is 10.7. The van der Waals surface area contributed by atoms with Gasteiger partial charge in [-0.25, -0.2) is 0 Å². The van der Waals surface area contributed by atoms with Crippen LogP contribution in [-0.2, 0) is 0 Å².